The zero-order chi connectivity index (χ0) is 22.6. The predicted molar refractivity (Wildman–Crippen MR) is 111 cm³/mol. The molecule has 0 spiro atoms. The molecule has 0 radical (unpaired) electrons. The first kappa shape index (κ1) is 26.9. The Balaban J connectivity index is 0.00000158. The van der Waals surface area contributed by atoms with E-state index in [1.165, 1.54) is 6.07 Å². The van der Waals surface area contributed by atoms with Crippen LogP contribution in [-0.2, 0) is 16.1 Å². The number of carbonyl (C=O) groups excluding carboxylic acids is 1. The van der Waals surface area contributed by atoms with Crippen molar-refractivity contribution in [3.8, 4) is 11.3 Å². The summed E-state index contributed by atoms with van der Waals surface area (Å²) in [5.41, 5.74) is 1.75. The van der Waals surface area contributed by atoms with E-state index in [9.17, 15) is 14.7 Å². The van der Waals surface area contributed by atoms with Gasteiger partial charge in [-0.3, -0.25) is 4.79 Å². The zero-order valence-corrected chi connectivity index (χ0v) is 19.3. The molecule has 1 heterocycles. The molecule has 0 saturated heterocycles. The molecule has 0 bridgehead atoms. The Morgan fingerprint density at radius 3 is 2.03 bits per heavy atom. The van der Waals surface area contributed by atoms with E-state index in [2.05, 4.69) is 5.32 Å². The molecule has 0 aliphatic carbocycles. The second kappa shape index (κ2) is 14.0. The van der Waals surface area contributed by atoms with Gasteiger partial charge < -0.3 is 31.2 Å². The molecule has 0 fully saturated rings. The van der Waals surface area contributed by atoms with Gasteiger partial charge in [-0.1, -0.05) is 60.7 Å². The van der Waals surface area contributed by atoms with Crippen molar-refractivity contribution in [2.75, 3.05) is 6.61 Å². The Hall–Kier alpha value is -3.11. The number of amides is 1. The molecule has 32 heavy (non-hydrogen) atoms. The van der Waals surface area contributed by atoms with Gasteiger partial charge in [0.1, 0.15) is 5.76 Å². The molecule has 164 valence electrons. The molecule has 1 unspecified atom stereocenters. The molecule has 3 rings (SSSR count). The molecule has 1 atom stereocenters. The van der Waals surface area contributed by atoms with Gasteiger partial charge in [0.15, 0.2) is 11.8 Å². The second-order valence-electron chi connectivity index (χ2n) is 6.18. The molecule has 10 heteroatoms. The summed E-state index contributed by atoms with van der Waals surface area (Å²) < 4.78 is 11.0. The SMILES string of the molecule is O=C(NC(COCc1ccccc1)C(=O)O)c1ccc(-c2ccccc2)o1.O=C(O)O.[H-].[Na+]. The summed E-state index contributed by atoms with van der Waals surface area (Å²) >= 11 is 0. The van der Waals surface area contributed by atoms with E-state index < -0.39 is 24.1 Å². The maximum absolute atomic E-state index is 12.3. The minimum absolute atomic E-state index is 0. The molecule has 9 nitrogen and oxygen atoms in total. The first-order valence-electron chi connectivity index (χ1n) is 9.09. The molecule has 0 saturated carbocycles. The molecule has 1 aromatic heterocycles. The fraction of sp³-hybridized carbons (Fsp3) is 0.136. The molecule has 2 aromatic carbocycles. The fourth-order valence-electron chi connectivity index (χ4n) is 2.49. The first-order valence-corrected chi connectivity index (χ1v) is 9.09. The third kappa shape index (κ3) is 9.36. The number of benzene rings is 2. The average molecular weight is 451 g/mol. The van der Waals surface area contributed by atoms with Gasteiger partial charge in [0, 0.05) is 5.56 Å². The van der Waals surface area contributed by atoms with Gasteiger partial charge >= 0.3 is 41.7 Å². The Morgan fingerprint density at radius 2 is 1.47 bits per heavy atom. The Labute approximate surface area is 207 Å². The van der Waals surface area contributed by atoms with Crippen molar-refractivity contribution in [1.82, 2.24) is 5.32 Å². The summed E-state index contributed by atoms with van der Waals surface area (Å²) in [4.78, 5) is 32.3. The van der Waals surface area contributed by atoms with Gasteiger partial charge in [-0.25, -0.2) is 9.59 Å². The summed E-state index contributed by atoms with van der Waals surface area (Å²) in [7, 11) is 0. The number of rotatable bonds is 8. The molecule has 1 amide bonds. The van der Waals surface area contributed by atoms with Crippen molar-refractivity contribution >= 4 is 18.0 Å². The van der Waals surface area contributed by atoms with Crippen LogP contribution in [0.4, 0.5) is 4.79 Å². The van der Waals surface area contributed by atoms with Crippen LogP contribution in [0.5, 0.6) is 0 Å². The molecule has 0 aliphatic rings. The third-order valence-corrected chi connectivity index (χ3v) is 3.89. The molecular weight excluding hydrogens is 429 g/mol. The normalized spacial score (nSPS) is 10.6. The fourth-order valence-corrected chi connectivity index (χ4v) is 2.49. The van der Waals surface area contributed by atoms with Gasteiger partial charge in [-0.15, -0.1) is 0 Å². The molecule has 0 aliphatic heterocycles. The predicted octanol–water partition coefficient (Wildman–Crippen LogP) is 0.685. The van der Waals surface area contributed by atoms with E-state index in [1.54, 1.807) is 6.07 Å². The second-order valence-corrected chi connectivity index (χ2v) is 6.18. The van der Waals surface area contributed by atoms with Gasteiger partial charge in [-0.05, 0) is 17.7 Å². The van der Waals surface area contributed by atoms with Crippen LogP contribution in [-0.4, -0.2) is 46.0 Å². The number of nitrogens with one attached hydrogen (secondary N) is 1. The third-order valence-electron chi connectivity index (χ3n) is 3.89. The van der Waals surface area contributed by atoms with Crippen LogP contribution in [0.1, 0.15) is 17.5 Å². The van der Waals surface area contributed by atoms with E-state index >= 15 is 0 Å². The number of aliphatic carboxylic acids is 1. The van der Waals surface area contributed by atoms with E-state index in [4.69, 9.17) is 24.2 Å². The van der Waals surface area contributed by atoms with Crippen molar-refractivity contribution in [1.29, 1.82) is 0 Å². The van der Waals surface area contributed by atoms with Crippen LogP contribution >= 0.6 is 0 Å². The van der Waals surface area contributed by atoms with E-state index in [0.717, 1.165) is 11.1 Å². The summed E-state index contributed by atoms with van der Waals surface area (Å²) in [5, 5.41) is 25.7. The monoisotopic (exact) mass is 451 g/mol. The van der Waals surface area contributed by atoms with Crippen LogP contribution in [0, 0.1) is 0 Å². The average Bonchev–Trinajstić information content (AvgIpc) is 3.24. The smallest absolute Gasteiger partial charge is 1.00 e. The summed E-state index contributed by atoms with van der Waals surface area (Å²) in [5.74, 6) is -1.20. The van der Waals surface area contributed by atoms with Crippen molar-refractivity contribution in [2.45, 2.75) is 12.6 Å². The van der Waals surface area contributed by atoms with Crippen molar-refractivity contribution in [3.05, 3.63) is 84.1 Å². The van der Waals surface area contributed by atoms with Crippen LogP contribution in [0.15, 0.2) is 77.2 Å². The Bertz CT molecular complexity index is 994. The van der Waals surface area contributed by atoms with E-state index in [1.807, 2.05) is 60.7 Å². The van der Waals surface area contributed by atoms with Crippen LogP contribution < -0.4 is 34.9 Å². The minimum Gasteiger partial charge on any atom is -1.00 e. The van der Waals surface area contributed by atoms with Gasteiger partial charge in [0.25, 0.3) is 5.91 Å². The summed E-state index contributed by atoms with van der Waals surface area (Å²) in [6.45, 7) is 0.113. The van der Waals surface area contributed by atoms with Gasteiger partial charge in [-0.2, -0.15) is 0 Å². The number of hydrogen-bond donors (Lipinski definition) is 4. The van der Waals surface area contributed by atoms with Crippen molar-refractivity contribution < 1.29 is 69.8 Å². The zero-order valence-electron chi connectivity index (χ0n) is 18.3. The topological polar surface area (TPSA) is 146 Å². The maximum atomic E-state index is 12.3. The summed E-state index contributed by atoms with van der Waals surface area (Å²) in [6, 6.07) is 20.7. The number of carboxylic acid groups (broad SMARTS) is 3. The summed E-state index contributed by atoms with van der Waals surface area (Å²) in [6.07, 6.45) is -1.83. The maximum Gasteiger partial charge on any atom is 1.00 e. The number of carbonyl (C=O) groups is 3. The van der Waals surface area contributed by atoms with Crippen LogP contribution in [0.2, 0.25) is 0 Å². The Morgan fingerprint density at radius 1 is 0.906 bits per heavy atom. The van der Waals surface area contributed by atoms with Crippen molar-refractivity contribution in [2.24, 2.45) is 0 Å². The standard InChI is InChI=1S/C21H19NO5.CH2O3.Na.H/c23-20(19-12-11-18(27-19)16-9-5-2-6-10-16)22-17(21(24)25)14-26-13-15-7-3-1-4-8-15;2-1(3)4;;/h1-12,17H,13-14H2,(H,22,23)(H,24,25);(H2,2,3,4);;/q;;+1;-1. The molecule has 4 N–H and O–H groups in total. The quantitative estimate of drug-likeness (QED) is 0.366. The number of furan rings is 1. The van der Waals surface area contributed by atoms with Crippen LogP contribution in [0.25, 0.3) is 11.3 Å². The largest absolute Gasteiger partial charge is 1.00 e. The molecular formula is C22H22NNaO8. The van der Waals surface area contributed by atoms with E-state index in [-0.39, 0.29) is 50.0 Å². The van der Waals surface area contributed by atoms with E-state index in [0.29, 0.717) is 5.76 Å². The number of ether oxygens (including phenoxy) is 1. The minimum atomic E-state index is -1.83. The van der Waals surface area contributed by atoms with Crippen LogP contribution in [0.3, 0.4) is 0 Å². The first-order chi connectivity index (χ1) is 14.9. The van der Waals surface area contributed by atoms with Gasteiger partial charge in [0.2, 0.25) is 0 Å². The Kier molecular flexibility index (Phi) is 11.8. The number of hydrogen-bond acceptors (Lipinski definition) is 5. The molecule has 3 aromatic rings. The number of carboxylic acids is 1. The van der Waals surface area contributed by atoms with Crippen molar-refractivity contribution in [3.63, 3.8) is 0 Å². The van der Waals surface area contributed by atoms with Gasteiger partial charge in [0.05, 0.1) is 13.2 Å².